The average Bonchev–Trinajstić information content (AvgIpc) is 3.24. The Morgan fingerprint density at radius 2 is 1.79 bits per heavy atom. The van der Waals surface area contributed by atoms with E-state index in [2.05, 4.69) is 34.2 Å². The van der Waals surface area contributed by atoms with Gasteiger partial charge in [-0.05, 0) is 48.1 Å². The fourth-order valence-electron chi connectivity index (χ4n) is 4.28. The Hall–Kier alpha value is -2.95. The number of nitrogens with zero attached hydrogens (tertiary/aromatic N) is 2. The van der Waals surface area contributed by atoms with E-state index in [1.807, 2.05) is 18.2 Å². The molecule has 1 aliphatic carbocycles. The number of fused-ring (bicyclic) bond motifs is 1. The average molecular weight is 376 g/mol. The van der Waals surface area contributed by atoms with Crippen LogP contribution in [0.25, 0.3) is 11.0 Å². The van der Waals surface area contributed by atoms with Gasteiger partial charge in [-0.3, -0.25) is 4.79 Å². The minimum atomic E-state index is -0.475. The third-order valence-corrected chi connectivity index (χ3v) is 5.81. The Labute approximate surface area is 164 Å². The van der Waals surface area contributed by atoms with E-state index in [9.17, 15) is 4.79 Å². The Balaban J connectivity index is 1.62. The summed E-state index contributed by atoms with van der Waals surface area (Å²) in [5.74, 6) is 0.448. The molecule has 0 atom stereocenters. The first-order chi connectivity index (χ1) is 13.7. The topological polar surface area (TPSA) is 61.3 Å². The maximum atomic E-state index is 12.5. The molecule has 4 rings (SSSR count). The number of carbonyl (C=O) groups excluding carboxylic acids is 1. The standard InChI is InChI=1S/C23H24N2O3/c1-27-20-10-9-19-17(11-14-24-21(19)25-20)15-16-5-7-18(8-6-16)23(22(26)28-2)12-3-4-13-23/h5-11,14H,3-4,12-13,15H2,1-2H3. The lowest BCUT2D eigenvalue weighted by atomic mass is 9.78. The summed E-state index contributed by atoms with van der Waals surface area (Å²) in [6.07, 6.45) is 6.41. The number of methoxy groups -OCH3 is 2. The Morgan fingerprint density at radius 1 is 1.04 bits per heavy atom. The van der Waals surface area contributed by atoms with E-state index in [0.717, 1.165) is 48.6 Å². The zero-order valence-corrected chi connectivity index (χ0v) is 16.3. The van der Waals surface area contributed by atoms with Gasteiger partial charge in [0.05, 0.1) is 19.6 Å². The smallest absolute Gasteiger partial charge is 0.316 e. The quantitative estimate of drug-likeness (QED) is 0.624. The van der Waals surface area contributed by atoms with Gasteiger partial charge in [0.25, 0.3) is 0 Å². The number of ether oxygens (including phenoxy) is 2. The molecule has 0 unspecified atom stereocenters. The maximum absolute atomic E-state index is 12.5. The summed E-state index contributed by atoms with van der Waals surface area (Å²) in [7, 11) is 3.08. The van der Waals surface area contributed by atoms with Gasteiger partial charge < -0.3 is 9.47 Å². The Bertz CT molecular complexity index is 992. The SMILES string of the molecule is COC(=O)C1(c2ccc(Cc3ccnc4nc(OC)ccc34)cc2)CCCC1. The van der Waals surface area contributed by atoms with Crippen LogP contribution >= 0.6 is 0 Å². The van der Waals surface area contributed by atoms with Crippen molar-refractivity contribution >= 4 is 17.0 Å². The normalized spacial score (nSPS) is 15.5. The van der Waals surface area contributed by atoms with Crippen molar-refractivity contribution < 1.29 is 14.3 Å². The highest BCUT2D eigenvalue weighted by molar-refractivity contribution is 5.83. The van der Waals surface area contributed by atoms with Crippen LogP contribution in [0.4, 0.5) is 0 Å². The molecule has 1 fully saturated rings. The lowest BCUT2D eigenvalue weighted by molar-refractivity contribution is -0.147. The van der Waals surface area contributed by atoms with Gasteiger partial charge in [-0.1, -0.05) is 37.1 Å². The van der Waals surface area contributed by atoms with Gasteiger partial charge in [0.1, 0.15) is 0 Å². The van der Waals surface area contributed by atoms with Gasteiger partial charge in [-0.2, -0.15) is 4.98 Å². The summed E-state index contributed by atoms with van der Waals surface area (Å²) in [5.41, 5.74) is 3.62. The van der Waals surface area contributed by atoms with Gasteiger partial charge in [0.2, 0.25) is 5.88 Å². The van der Waals surface area contributed by atoms with Crippen LogP contribution in [0.5, 0.6) is 5.88 Å². The number of hydrogen-bond donors (Lipinski definition) is 0. The van der Waals surface area contributed by atoms with E-state index in [0.29, 0.717) is 11.5 Å². The number of aromatic nitrogens is 2. The minimum absolute atomic E-state index is 0.113. The largest absolute Gasteiger partial charge is 0.481 e. The van der Waals surface area contributed by atoms with Gasteiger partial charge in [-0.25, -0.2) is 4.98 Å². The van der Waals surface area contributed by atoms with Crippen molar-refractivity contribution in [2.45, 2.75) is 37.5 Å². The molecule has 5 nitrogen and oxygen atoms in total. The number of carbonyl (C=O) groups is 1. The molecule has 144 valence electrons. The van der Waals surface area contributed by atoms with Gasteiger partial charge in [0, 0.05) is 17.6 Å². The highest BCUT2D eigenvalue weighted by Gasteiger charge is 2.43. The molecule has 1 saturated carbocycles. The molecule has 1 aromatic carbocycles. The predicted molar refractivity (Wildman–Crippen MR) is 108 cm³/mol. The highest BCUT2D eigenvalue weighted by Crippen LogP contribution is 2.42. The van der Waals surface area contributed by atoms with Gasteiger partial charge in [-0.15, -0.1) is 0 Å². The molecule has 0 saturated heterocycles. The number of esters is 1. The number of rotatable bonds is 5. The van der Waals surface area contributed by atoms with Crippen molar-refractivity contribution in [3.63, 3.8) is 0 Å². The lowest BCUT2D eigenvalue weighted by Gasteiger charge is -2.26. The molecular weight excluding hydrogens is 352 g/mol. The second kappa shape index (κ2) is 7.58. The van der Waals surface area contributed by atoms with Crippen molar-refractivity contribution in [3.8, 4) is 5.88 Å². The van der Waals surface area contributed by atoms with Crippen LogP contribution in [0.2, 0.25) is 0 Å². The van der Waals surface area contributed by atoms with Crippen LogP contribution in [0.15, 0.2) is 48.7 Å². The summed E-state index contributed by atoms with van der Waals surface area (Å²) in [6.45, 7) is 0. The lowest BCUT2D eigenvalue weighted by Crippen LogP contribution is -2.33. The second-order valence-electron chi connectivity index (χ2n) is 7.35. The van der Waals surface area contributed by atoms with Crippen molar-refractivity contribution in [1.29, 1.82) is 0 Å². The van der Waals surface area contributed by atoms with E-state index in [-0.39, 0.29) is 5.97 Å². The van der Waals surface area contributed by atoms with Crippen molar-refractivity contribution in [2.75, 3.05) is 14.2 Å². The number of pyridine rings is 2. The fraction of sp³-hybridized carbons (Fsp3) is 0.348. The van der Waals surface area contributed by atoms with Crippen LogP contribution in [-0.2, 0) is 21.4 Å². The number of hydrogen-bond acceptors (Lipinski definition) is 5. The first-order valence-electron chi connectivity index (χ1n) is 9.63. The summed E-state index contributed by atoms with van der Waals surface area (Å²) in [5, 5.41) is 1.02. The van der Waals surface area contributed by atoms with E-state index >= 15 is 0 Å². The zero-order valence-electron chi connectivity index (χ0n) is 16.3. The van der Waals surface area contributed by atoms with Crippen molar-refractivity contribution in [1.82, 2.24) is 9.97 Å². The van der Waals surface area contributed by atoms with Crippen LogP contribution in [-0.4, -0.2) is 30.2 Å². The summed E-state index contributed by atoms with van der Waals surface area (Å²) < 4.78 is 10.3. The Morgan fingerprint density at radius 3 is 2.46 bits per heavy atom. The maximum Gasteiger partial charge on any atom is 0.316 e. The first-order valence-corrected chi connectivity index (χ1v) is 9.63. The third kappa shape index (κ3) is 3.21. The van der Waals surface area contributed by atoms with Crippen LogP contribution in [0.3, 0.4) is 0 Å². The van der Waals surface area contributed by atoms with Gasteiger partial charge in [0.15, 0.2) is 5.65 Å². The van der Waals surface area contributed by atoms with Crippen molar-refractivity contribution in [3.05, 3.63) is 65.4 Å². The van der Waals surface area contributed by atoms with Crippen LogP contribution in [0, 0.1) is 0 Å². The molecule has 3 aromatic rings. The van der Waals surface area contributed by atoms with Crippen molar-refractivity contribution in [2.24, 2.45) is 0 Å². The molecule has 0 N–H and O–H groups in total. The molecular formula is C23H24N2O3. The van der Waals surface area contributed by atoms with Crippen LogP contribution < -0.4 is 4.74 Å². The van der Waals surface area contributed by atoms with Crippen LogP contribution in [0.1, 0.15) is 42.4 Å². The fourth-order valence-corrected chi connectivity index (χ4v) is 4.28. The van der Waals surface area contributed by atoms with E-state index < -0.39 is 5.41 Å². The highest BCUT2D eigenvalue weighted by atomic mass is 16.5. The monoisotopic (exact) mass is 376 g/mol. The first kappa shape index (κ1) is 18.4. The third-order valence-electron chi connectivity index (χ3n) is 5.81. The van der Waals surface area contributed by atoms with E-state index in [4.69, 9.17) is 9.47 Å². The molecule has 28 heavy (non-hydrogen) atoms. The zero-order chi connectivity index (χ0) is 19.6. The summed E-state index contributed by atoms with van der Waals surface area (Å²) >= 11 is 0. The molecule has 1 aliphatic rings. The second-order valence-corrected chi connectivity index (χ2v) is 7.35. The van der Waals surface area contributed by atoms with E-state index in [1.165, 1.54) is 12.7 Å². The van der Waals surface area contributed by atoms with E-state index in [1.54, 1.807) is 13.3 Å². The summed E-state index contributed by atoms with van der Waals surface area (Å²) in [6, 6.07) is 14.3. The summed E-state index contributed by atoms with van der Waals surface area (Å²) in [4.78, 5) is 21.2. The Kier molecular flexibility index (Phi) is 4.99. The molecule has 0 bridgehead atoms. The number of benzene rings is 1. The molecule has 0 radical (unpaired) electrons. The molecule has 0 aliphatic heterocycles. The molecule has 5 heteroatoms. The van der Waals surface area contributed by atoms with Gasteiger partial charge >= 0.3 is 5.97 Å². The molecule has 0 amide bonds. The molecule has 2 aromatic heterocycles. The molecule has 2 heterocycles. The molecule has 0 spiro atoms. The minimum Gasteiger partial charge on any atom is -0.481 e. The predicted octanol–water partition coefficient (Wildman–Crippen LogP) is 4.21.